The van der Waals surface area contributed by atoms with Crippen molar-refractivity contribution in [2.75, 3.05) is 46.1 Å². The predicted octanol–water partition coefficient (Wildman–Crippen LogP) is 7.18. The molecule has 73 heavy (non-hydrogen) atoms. The van der Waals surface area contributed by atoms with Gasteiger partial charge in [-0.3, -0.25) is 0 Å². The van der Waals surface area contributed by atoms with Crippen LogP contribution in [-0.4, -0.2) is 106 Å². The van der Waals surface area contributed by atoms with Crippen molar-refractivity contribution >= 4 is 79.7 Å². The molecule has 0 bridgehead atoms. The average molecular weight is 1020 g/mol. The Labute approximate surface area is 448 Å². The van der Waals surface area contributed by atoms with Gasteiger partial charge in [0.1, 0.15) is 5.75 Å². The summed E-state index contributed by atoms with van der Waals surface area (Å²) in [6, 6.07) is 31.8. The van der Waals surface area contributed by atoms with Crippen LogP contribution in [0.15, 0.2) is 102 Å². The van der Waals surface area contributed by atoms with Crippen LogP contribution >= 0.6 is 11.8 Å². The Morgan fingerprint density at radius 3 is 1.53 bits per heavy atom. The number of rotatable bonds is 5. The zero-order valence-electron chi connectivity index (χ0n) is 47.4. The summed E-state index contributed by atoms with van der Waals surface area (Å²) in [5.74, 6) is 0.912. The smallest absolute Gasteiger partial charge is 0.491 e. The highest BCUT2D eigenvalue weighted by Gasteiger charge is 2.29. The van der Waals surface area contributed by atoms with E-state index in [9.17, 15) is 20.1 Å². The van der Waals surface area contributed by atoms with E-state index in [4.69, 9.17) is 24.2 Å². The molecule has 0 spiro atoms. The standard InChI is InChI=1S/C10H14BNO.C10H13BO2.C9H11BO2.C8H9BO2S.C7H7BO2.C2H6O.5C2H6/c1-12(2)9-4-3-8-5-6-11(13)10(8)7-9;1-2-13-9-3-4-10-8(7-9)5-6-11(10)12;11-6-7-1-2-8-3-4-10(12)9(8)5-7;1-12-7-3-2-6-5-11-9(10)8(6)4-7;9-8-7-4-2-1-3-6(7)5-10-8;1-3-2;5*1-2/h3-4,7,13H,5-6H2,1-2H3;3-4,7,12H,2,5-6H2,1H3;1-2,5,11-12H,3-4,6H2;2-4,10H,5H2,1H3;1-4,9H,5H2;1-2H3;5*1-2H3. The van der Waals surface area contributed by atoms with Gasteiger partial charge in [0.2, 0.25) is 0 Å². The molecule has 5 heterocycles. The molecule has 5 aromatic rings. The number of aliphatic hydroxyl groups is 1. The normalized spacial score (nSPS) is 12.9. The molecule has 5 aromatic carbocycles. The summed E-state index contributed by atoms with van der Waals surface area (Å²) in [6.07, 6.45) is 7.52. The topological polar surface area (TPSA) is 162 Å². The van der Waals surface area contributed by atoms with E-state index in [1.54, 1.807) is 26.0 Å². The fraction of sp³-hybridized carbons (Fsp3) is 0.464. The lowest BCUT2D eigenvalue weighted by atomic mass is 9.63. The maximum absolute atomic E-state index is 9.67. The molecule has 0 radical (unpaired) electrons. The summed E-state index contributed by atoms with van der Waals surface area (Å²) < 4.78 is 19.7. The number of nitrogens with zero attached hydrogens (tertiary/aromatic N) is 1. The largest absolute Gasteiger partial charge is 0.494 e. The molecule has 0 aliphatic carbocycles. The highest BCUT2D eigenvalue weighted by atomic mass is 32.2. The Morgan fingerprint density at radius 1 is 0.534 bits per heavy atom. The van der Waals surface area contributed by atoms with Crippen LogP contribution in [0, 0.1) is 0 Å². The second kappa shape index (κ2) is 40.3. The lowest BCUT2D eigenvalue weighted by Crippen LogP contribution is -2.27. The van der Waals surface area contributed by atoms with E-state index < -0.39 is 14.2 Å². The first-order valence-corrected chi connectivity index (χ1v) is 27.7. The summed E-state index contributed by atoms with van der Waals surface area (Å²) in [6.45, 7) is 23.0. The van der Waals surface area contributed by atoms with Crippen LogP contribution in [0.4, 0.5) is 5.69 Å². The Balaban J connectivity index is 0.000000840. The van der Waals surface area contributed by atoms with Crippen LogP contribution in [0.1, 0.15) is 110 Å². The molecule has 11 nitrogen and oxygen atoms in total. The molecule has 6 N–H and O–H groups in total. The van der Waals surface area contributed by atoms with Gasteiger partial charge in [-0.15, -0.1) is 11.8 Å². The molecular weight excluding hydrogens is 933 g/mol. The number of fused-ring (bicyclic) bond motifs is 5. The molecule has 0 aromatic heterocycles. The summed E-state index contributed by atoms with van der Waals surface area (Å²) in [4.78, 5) is 3.23. The van der Waals surface area contributed by atoms with Gasteiger partial charge in [0.25, 0.3) is 0 Å². The lowest BCUT2D eigenvalue weighted by molar-refractivity contribution is 0.275. The summed E-state index contributed by atoms with van der Waals surface area (Å²) in [5.41, 5.74) is 13.0. The molecule has 400 valence electrons. The number of anilines is 1. The van der Waals surface area contributed by atoms with Crippen molar-refractivity contribution in [1.29, 1.82) is 0 Å². The number of hydrogen-bond acceptors (Lipinski definition) is 12. The molecule has 0 saturated carbocycles. The molecule has 0 fully saturated rings. The Morgan fingerprint density at radius 2 is 1.01 bits per heavy atom. The summed E-state index contributed by atoms with van der Waals surface area (Å²) >= 11 is 1.67. The van der Waals surface area contributed by atoms with Gasteiger partial charge in [0.05, 0.1) is 26.4 Å². The minimum atomic E-state index is -0.716. The highest BCUT2D eigenvalue weighted by molar-refractivity contribution is 7.98. The predicted molar refractivity (Wildman–Crippen MR) is 318 cm³/mol. The number of hydrogen-bond donors (Lipinski definition) is 6. The number of ether oxygens (including phenoxy) is 2. The van der Waals surface area contributed by atoms with Crippen LogP contribution in [0.25, 0.3) is 0 Å². The third kappa shape index (κ3) is 22.4. The van der Waals surface area contributed by atoms with Crippen molar-refractivity contribution < 1.29 is 49.0 Å². The summed E-state index contributed by atoms with van der Waals surface area (Å²) in [5, 5.41) is 56.2. The van der Waals surface area contributed by atoms with E-state index in [-0.39, 0.29) is 27.4 Å². The van der Waals surface area contributed by atoms with E-state index in [0.29, 0.717) is 19.8 Å². The maximum Gasteiger partial charge on any atom is 0.491 e. The number of benzene rings is 5. The third-order valence-electron chi connectivity index (χ3n) is 11.3. The van der Waals surface area contributed by atoms with E-state index in [1.165, 1.54) is 27.3 Å². The molecule has 10 rings (SSSR count). The Kier molecular flexibility index (Phi) is 38.1. The molecule has 5 aliphatic heterocycles. The van der Waals surface area contributed by atoms with Gasteiger partial charge in [0, 0.05) is 38.9 Å². The molecule has 0 unspecified atom stereocenters. The first-order chi connectivity index (χ1) is 35.4. The zero-order valence-corrected chi connectivity index (χ0v) is 48.2. The van der Waals surface area contributed by atoms with Crippen molar-refractivity contribution in [2.24, 2.45) is 0 Å². The van der Waals surface area contributed by atoms with E-state index in [2.05, 4.69) is 27.8 Å². The van der Waals surface area contributed by atoms with E-state index >= 15 is 0 Å². The fourth-order valence-corrected chi connectivity index (χ4v) is 8.34. The van der Waals surface area contributed by atoms with Gasteiger partial charge < -0.3 is 53.9 Å². The monoisotopic (exact) mass is 1020 g/mol. The SMILES string of the molecule is CC.CC.CC.CC.CC.CCOc1ccc2c(c1)CCB2O.CN(C)c1ccc2c(c1)B(O)CC2.COC.CSc1ccc2c(c1)B(O)OC2.OB1OCc2ccccc21.OCc1ccc2c(c1)B(O)CC2. The van der Waals surface area contributed by atoms with Crippen molar-refractivity contribution in [3.05, 3.63) is 130 Å². The zero-order chi connectivity index (χ0) is 55.5. The molecule has 0 amide bonds. The number of methoxy groups -OCH3 is 1. The molecule has 0 atom stereocenters. The molecule has 5 aliphatic rings. The average Bonchev–Trinajstić information content (AvgIpc) is 4.29. The van der Waals surface area contributed by atoms with E-state index in [1.807, 2.05) is 175 Å². The second-order valence-corrected chi connectivity index (χ2v) is 16.8. The molecule has 0 saturated heterocycles. The van der Waals surface area contributed by atoms with Crippen LogP contribution in [0.5, 0.6) is 5.75 Å². The van der Waals surface area contributed by atoms with Crippen molar-refractivity contribution in [3.63, 3.8) is 0 Å². The minimum absolute atomic E-state index is 0.0556. The second-order valence-electron chi connectivity index (χ2n) is 15.9. The van der Waals surface area contributed by atoms with Gasteiger partial charge >= 0.3 is 35.0 Å². The van der Waals surface area contributed by atoms with Crippen LogP contribution in [0.3, 0.4) is 0 Å². The molecule has 17 heteroatoms. The first kappa shape index (κ1) is 69.0. The summed E-state index contributed by atoms with van der Waals surface area (Å²) in [7, 11) is 5.87. The van der Waals surface area contributed by atoms with Crippen LogP contribution in [0.2, 0.25) is 19.0 Å². The first-order valence-electron chi connectivity index (χ1n) is 26.5. The minimum Gasteiger partial charge on any atom is -0.494 e. The van der Waals surface area contributed by atoms with Crippen molar-refractivity contribution in [2.45, 2.75) is 139 Å². The fourth-order valence-electron chi connectivity index (χ4n) is 7.89. The van der Waals surface area contributed by atoms with Gasteiger partial charge in [-0.2, -0.15) is 0 Å². The van der Waals surface area contributed by atoms with E-state index in [0.717, 1.165) is 88.0 Å². The number of aliphatic hydroxyl groups excluding tert-OH is 1. The van der Waals surface area contributed by atoms with Crippen LogP contribution < -0.4 is 37.0 Å². The van der Waals surface area contributed by atoms with Gasteiger partial charge in [-0.1, -0.05) is 141 Å². The maximum atomic E-state index is 9.67. The van der Waals surface area contributed by atoms with Crippen molar-refractivity contribution in [3.8, 4) is 5.75 Å². The Hall–Kier alpha value is -3.99. The van der Waals surface area contributed by atoms with Crippen molar-refractivity contribution in [1.82, 2.24) is 0 Å². The van der Waals surface area contributed by atoms with Crippen LogP contribution in [-0.2, 0) is 53.1 Å². The number of aryl methyl sites for hydroxylation is 3. The van der Waals surface area contributed by atoms with Gasteiger partial charge in [0.15, 0.2) is 0 Å². The quantitative estimate of drug-likeness (QED) is 0.0779. The Bertz CT molecular complexity index is 2160. The molecular formula is C56H90B5NO10S. The third-order valence-corrected chi connectivity index (χ3v) is 12.1. The lowest BCUT2D eigenvalue weighted by Gasteiger charge is -2.14. The number of thioether (sulfide) groups is 1. The van der Waals surface area contributed by atoms with Gasteiger partial charge in [-0.05, 0) is 137 Å². The highest BCUT2D eigenvalue weighted by Crippen LogP contribution is 2.21. The van der Waals surface area contributed by atoms with Gasteiger partial charge in [-0.25, -0.2) is 0 Å².